The van der Waals surface area contributed by atoms with E-state index >= 15 is 0 Å². The quantitative estimate of drug-likeness (QED) is 0.666. The number of oxime groups is 1. The Bertz CT molecular complexity index is 169. The molecule has 10 heavy (non-hydrogen) atoms. The lowest BCUT2D eigenvalue weighted by Crippen LogP contribution is -2.59. The highest BCUT2D eigenvalue weighted by atomic mass is 79.9. The van der Waals surface area contributed by atoms with Gasteiger partial charge in [-0.15, -0.1) is 12.4 Å². The second-order valence-corrected chi connectivity index (χ2v) is 3.44. The molecule has 2 rings (SSSR count). The number of rotatable bonds is 0. The highest BCUT2D eigenvalue weighted by Crippen LogP contribution is 2.29. The van der Waals surface area contributed by atoms with Crippen LogP contribution >= 0.6 is 28.3 Å². The molecular formula is C5H8BrClN2O. The third kappa shape index (κ3) is 1.15. The van der Waals surface area contributed by atoms with Crippen molar-refractivity contribution in [3.63, 3.8) is 0 Å². The molecule has 0 radical (unpaired) electrons. The minimum atomic E-state index is 0. The van der Waals surface area contributed by atoms with Crippen molar-refractivity contribution in [1.82, 2.24) is 5.32 Å². The first-order valence-electron chi connectivity index (χ1n) is 2.92. The predicted octanol–water partition coefficient (Wildman–Crippen LogP) is 0.879. The van der Waals surface area contributed by atoms with Crippen LogP contribution in [0.4, 0.5) is 0 Å². The van der Waals surface area contributed by atoms with Gasteiger partial charge in [-0.2, -0.15) is 0 Å². The number of nitrogens with one attached hydrogen (secondary N) is 1. The topological polar surface area (TPSA) is 33.6 Å². The summed E-state index contributed by atoms with van der Waals surface area (Å²) >= 11 is 3.29. The van der Waals surface area contributed by atoms with Crippen molar-refractivity contribution >= 4 is 33.0 Å². The Morgan fingerprint density at radius 1 is 1.60 bits per heavy atom. The van der Waals surface area contributed by atoms with E-state index in [1.165, 1.54) is 0 Å². The molecule has 1 fully saturated rings. The van der Waals surface area contributed by atoms with Gasteiger partial charge in [0.05, 0.1) is 0 Å². The minimum absolute atomic E-state index is 0. The molecule has 0 aromatic heterocycles. The molecule has 0 unspecified atom stereocenters. The van der Waals surface area contributed by atoms with Crippen molar-refractivity contribution in [2.24, 2.45) is 5.16 Å². The van der Waals surface area contributed by atoms with Gasteiger partial charge in [0.2, 0.25) is 0 Å². The Hall–Kier alpha value is 0.200. The van der Waals surface area contributed by atoms with Crippen LogP contribution in [-0.2, 0) is 4.84 Å². The van der Waals surface area contributed by atoms with Crippen molar-refractivity contribution in [3.05, 3.63) is 0 Å². The fourth-order valence-electron chi connectivity index (χ4n) is 1.07. The average molecular weight is 227 g/mol. The van der Waals surface area contributed by atoms with Crippen LogP contribution in [0.15, 0.2) is 5.16 Å². The Balaban J connectivity index is 0.000000500. The highest BCUT2D eigenvalue weighted by Gasteiger charge is 2.44. The molecule has 0 bridgehead atoms. The zero-order chi connectivity index (χ0) is 6.32. The zero-order valence-corrected chi connectivity index (χ0v) is 7.67. The average Bonchev–Trinajstić information content (AvgIpc) is 2.09. The SMILES string of the molecule is BrC1=NOC2(CNC2)C1.Cl. The van der Waals surface area contributed by atoms with E-state index in [0.29, 0.717) is 0 Å². The lowest BCUT2D eigenvalue weighted by Gasteiger charge is -2.35. The molecule has 0 saturated carbocycles. The Morgan fingerprint density at radius 2 is 2.30 bits per heavy atom. The number of hydrogen-bond donors (Lipinski definition) is 1. The summed E-state index contributed by atoms with van der Waals surface area (Å²) in [5.41, 5.74) is 0.0266. The number of halogens is 2. The molecular weight excluding hydrogens is 219 g/mol. The molecule has 1 saturated heterocycles. The Labute approximate surface area is 73.7 Å². The van der Waals surface area contributed by atoms with Crippen molar-refractivity contribution in [2.45, 2.75) is 12.0 Å². The van der Waals surface area contributed by atoms with Gasteiger partial charge < -0.3 is 10.2 Å². The van der Waals surface area contributed by atoms with E-state index in [4.69, 9.17) is 4.84 Å². The van der Waals surface area contributed by atoms with Gasteiger partial charge >= 0.3 is 0 Å². The third-order valence-corrected chi connectivity index (χ3v) is 2.13. The second-order valence-electron chi connectivity index (χ2n) is 2.52. The molecule has 0 atom stereocenters. The molecule has 1 spiro atoms. The molecule has 5 heteroatoms. The van der Waals surface area contributed by atoms with Crippen LogP contribution < -0.4 is 5.32 Å². The van der Waals surface area contributed by atoms with Gasteiger partial charge in [-0.3, -0.25) is 0 Å². The lowest BCUT2D eigenvalue weighted by atomic mass is 9.94. The van der Waals surface area contributed by atoms with E-state index in [1.54, 1.807) is 0 Å². The van der Waals surface area contributed by atoms with E-state index in [1.807, 2.05) is 0 Å². The third-order valence-electron chi connectivity index (χ3n) is 1.70. The molecule has 0 aliphatic carbocycles. The first-order chi connectivity index (χ1) is 4.31. The fraction of sp³-hybridized carbons (Fsp3) is 0.800. The molecule has 2 aliphatic rings. The van der Waals surface area contributed by atoms with Gasteiger partial charge in [-0.05, 0) is 15.9 Å². The van der Waals surface area contributed by atoms with E-state index < -0.39 is 0 Å². The van der Waals surface area contributed by atoms with Crippen LogP contribution in [-0.4, -0.2) is 23.3 Å². The molecule has 2 aliphatic heterocycles. The van der Waals surface area contributed by atoms with Gasteiger partial charge in [0, 0.05) is 19.5 Å². The summed E-state index contributed by atoms with van der Waals surface area (Å²) < 4.78 is 0.934. The van der Waals surface area contributed by atoms with E-state index in [0.717, 1.165) is 24.1 Å². The number of hydrogen-bond acceptors (Lipinski definition) is 3. The van der Waals surface area contributed by atoms with Crippen LogP contribution in [0.25, 0.3) is 0 Å². The Kier molecular flexibility index (Phi) is 2.22. The van der Waals surface area contributed by atoms with E-state index in [9.17, 15) is 0 Å². The van der Waals surface area contributed by atoms with Gasteiger partial charge in [0.1, 0.15) is 4.62 Å². The zero-order valence-electron chi connectivity index (χ0n) is 5.26. The maximum absolute atomic E-state index is 5.17. The predicted molar refractivity (Wildman–Crippen MR) is 44.9 cm³/mol. The van der Waals surface area contributed by atoms with Crippen molar-refractivity contribution in [1.29, 1.82) is 0 Å². The molecule has 0 aromatic carbocycles. The normalized spacial score (nSPS) is 26.3. The van der Waals surface area contributed by atoms with Gasteiger partial charge in [0.15, 0.2) is 5.60 Å². The summed E-state index contributed by atoms with van der Waals surface area (Å²) in [5.74, 6) is 0. The van der Waals surface area contributed by atoms with Crippen LogP contribution in [0.3, 0.4) is 0 Å². The first-order valence-corrected chi connectivity index (χ1v) is 3.71. The molecule has 58 valence electrons. The van der Waals surface area contributed by atoms with Crippen molar-refractivity contribution < 1.29 is 4.84 Å². The summed E-state index contributed by atoms with van der Waals surface area (Å²) in [6, 6.07) is 0. The smallest absolute Gasteiger partial charge is 0.168 e. The maximum atomic E-state index is 5.17. The largest absolute Gasteiger partial charge is 0.385 e. The Morgan fingerprint density at radius 3 is 2.50 bits per heavy atom. The summed E-state index contributed by atoms with van der Waals surface area (Å²) in [4.78, 5) is 5.17. The van der Waals surface area contributed by atoms with E-state index in [-0.39, 0.29) is 18.0 Å². The molecule has 0 amide bonds. The van der Waals surface area contributed by atoms with Crippen LogP contribution in [0, 0.1) is 0 Å². The molecule has 0 aromatic rings. The molecule has 2 heterocycles. The number of nitrogens with zero attached hydrogens (tertiary/aromatic N) is 1. The van der Waals surface area contributed by atoms with Gasteiger partial charge in [-0.1, -0.05) is 5.16 Å². The summed E-state index contributed by atoms with van der Waals surface area (Å²) in [5, 5.41) is 6.95. The van der Waals surface area contributed by atoms with Gasteiger partial charge in [0.25, 0.3) is 0 Å². The summed E-state index contributed by atoms with van der Waals surface area (Å²) in [7, 11) is 0. The monoisotopic (exact) mass is 226 g/mol. The first kappa shape index (κ1) is 8.30. The van der Waals surface area contributed by atoms with Crippen molar-refractivity contribution in [2.75, 3.05) is 13.1 Å². The lowest BCUT2D eigenvalue weighted by molar-refractivity contribution is -0.0559. The minimum Gasteiger partial charge on any atom is -0.385 e. The van der Waals surface area contributed by atoms with E-state index in [2.05, 4.69) is 26.4 Å². The summed E-state index contributed by atoms with van der Waals surface area (Å²) in [6.45, 7) is 1.87. The van der Waals surface area contributed by atoms with Crippen LogP contribution in [0.2, 0.25) is 0 Å². The standard InChI is InChI=1S/C5H7BrN2O.ClH/c6-4-1-5(9-8-4)2-7-3-5;/h7H,1-3H2;1H. The van der Waals surface area contributed by atoms with Crippen LogP contribution in [0.1, 0.15) is 6.42 Å². The second kappa shape index (κ2) is 2.68. The van der Waals surface area contributed by atoms with Crippen molar-refractivity contribution in [3.8, 4) is 0 Å². The highest BCUT2D eigenvalue weighted by molar-refractivity contribution is 9.18. The van der Waals surface area contributed by atoms with Gasteiger partial charge in [-0.25, -0.2) is 0 Å². The molecule has 1 N–H and O–H groups in total. The molecule has 3 nitrogen and oxygen atoms in total. The summed E-state index contributed by atoms with van der Waals surface area (Å²) in [6.07, 6.45) is 0.931. The van der Waals surface area contributed by atoms with Crippen LogP contribution in [0.5, 0.6) is 0 Å². The maximum Gasteiger partial charge on any atom is 0.168 e. The fourth-order valence-corrected chi connectivity index (χ4v) is 1.65.